The second-order valence-corrected chi connectivity index (χ2v) is 12.7. The lowest BCUT2D eigenvalue weighted by Crippen LogP contribution is -2.53. The van der Waals surface area contributed by atoms with E-state index in [1.807, 2.05) is 4.90 Å². The maximum atomic E-state index is 12.8. The maximum absolute atomic E-state index is 12.8. The number of carbonyl (C=O) groups excluding carboxylic acids is 2. The van der Waals surface area contributed by atoms with Gasteiger partial charge in [-0.05, 0) is 73.8 Å². The summed E-state index contributed by atoms with van der Waals surface area (Å²) in [6.07, 6.45) is 8.19. The summed E-state index contributed by atoms with van der Waals surface area (Å²) in [7, 11) is -3.65. The van der Waals surface area contributed by atoms with Gasteiger partial charge in [0.1, 0.15) is 4.90 Å². The lowest BCUT2D eigenvalue weighted by molar-refractivity contribution is -0.136. The summed E-state index contributed by atoms with van der Waals surface area (Å²) in [6, 6.07) is 6.85. The van der Waals surface area contributed by atoms with Crippen LogP contribution in [-0.2, 0) is 19.6 Å². The predicted octanol–water partition coefficient (Wildman–Crippen LogP) is 2.00. The van der Waals surface area contributed by atoms with E-state index in [2.05, 4.69) is 9.71 Å². The Labute approximate surface area is 200 Å². The average Bonchev–Trinajstić information content (AvgIpc) is 3.07. The number of sulfonamides is 1. The number of piperazine rings is 1. The first kappa shape index (κ1) is 22.1. The summed E-state index contributed by atoms with van der Waals surface area (Å²) in [5.41, 5.74) is 0.797. The maximum Gasteiger partial charge on any atom is 0.285 e. The van der Waals surface area contributed by atoms with Crippen LogP contribution in [-0.4, -0.2) is 68.6 Å². The molecule has 0 radical (unpaired) electrons. The second kappa shape index (κ2) is 8.07. The van der Waals surface area contributed by atoms with Crippen LogP contribution in [0, 0.1) is 23.2 Å². The zero-order chi connectivity index (χ0) is 23.5. The largest absolute Gasteiger partial charge is 0.352 e. The summed E-state index contributed by atoms with van der Waals surface area (Å²) >= 11 is 0. The first-order valence-electron chi connectivity index (χ1n) is 12.5. The minimum atomic E-state index is -3.65. The number of nitrogens with zero attached hydrogens (tertiary/aromatic N) is 3. The molecule has 2 aliphatic heterocycles. The third-order valence-electron chi connectivity index (χ3n) is 8.68. The van der Waals surface area contributed by atoms with Crippen LogP contribution in [0.4, 0.5) is 0 Å². The Bertz CT molecular complexity index is 1120. The lowest BCUT2D eigenvalue weighted by atomic mass is 9.49. The summed E-state index contributed by atoms with van der Waals surface area (Å²) < 4.78 is 28.7. The molecule has 4 bridgehead atoms. The molecule has 1 aromatic carbocycles. The van der Waals surface area contributed by atoms with Crippen LogP contribution in [0.3, 0.4) is 0 Å². The standard InChI is InChI=1S/C25H32N4O4S/c30-22(15-25-12-17-9-18(13-25)11-19(10-17)14-25)26-16-23(31)28-5-7-29(8-6-28)24-20-3-1-2-4-21(20)34(32,33)27-24/h1-4,17-19H,5-16H2,(H,26,30). The van der Waals surface area contributed by atoms with Gasteiger partial charge in [0, 0.05) is 38.2 Å². The van der Waals surface area contributed by atoms with Gasteiger partial charge in [-0.3, -0.25) is 9.59 Å². The van der Waals surface area contributed by atoms with E-state index < -0.39 is 10.0 Å². The first-order valence-corrected chi connectivity index (χ1v) is 14.0. The molecule has 0 aromatic heterocycles. The van der Waals surface area contributed by atoms with Gasteiger partial charge in [-0.15, -0.1) is 4.40 Å². The molecule has 1 aromatic rings. The molecule has 2 amide bonds. The van der Waals surface area contributed by atoms with Gasteiger partial charge in [-0.1, -0.05) is 12.1 Å². The molecule has 8 nitrogen and oxygen atoms in total. The summed E-state index contributed by atoms with van der Waals surface area (Å²) in [4.78, 5) is 29.4. The number of fused-ring (bicyclic) bond motifs is 1. The molecule has 34 heavy (non-hydrogen) atoms. The fraction of sp³-hybridized carbons (Fsp3) is 0.640. The quantitative estimate of drug-likeness (QED) is 0.705. The Kier molecular flexibility index (Phi) is 5.24. The van der Waals surface area contributed by atoms with E-state index in [1.165, 1.54) is 38.5 Å². The summed E-state index contributed by atoms with van der Waals surface area (Å²) in [6.45, 7) is 2.00. The Hall–Kier alpha value is -2.42. The van der Waals surface area contributed by atoms with Gasteiger partial charge in [-0.25, -0.2) is 0 Å². The van der Waals surface area contributed by atoms with Crippen molar-refractivity contribution in [2.75, 3.05) is 32.7 Å². The Balaban J connectivity index is 1.01. The van der Waals surface area contributed by atoms with Gasteiger partial charge in [-0.2, -0.15) is 8.42 Å². The number of hydrogen-bond donors (Lipinski definition) is 1. The number of hydrogen-bond acceptors (Lipinski definition) is 5. The highest BCUT2D eigenvalue weighted by Gasteiger charge is 2.51. The van der Waals surface area contributed by atoms with Gasteiger partial charge in [0.05, 0.1) is 6.54 Å². The highest BCUT2D eigenvalue weighted by Crippen LogP contribution is 2.61. The van der Waals surface area contributed by atoms with Crippen LogP contribution in [0.25, 0.3) is 0 Å². The van der Waals surface area contributed by atoms with Crippen molar-refractivity contribution in [3.63, 3.8) is 0 Å². The number of amides is 2. The van der Waals surface area contributed by atoms with Crippen LogP contribution >= 0.6 is 0 Å². The SMILES string of the molecule is O=C(CC12CC3CC(CC(C3)C1)C2)NCC(=O)N1CCN(C2=NS(=O)(=O)c3ccccc32)CC1. The molecule has 0 atom stereocenters. The van der Waals surface area contributed by atoms with Gasteiger partial charge in [0.15, 0.2) is 5.84 Å². The minimum Gasteiger partial charge on any atom is -0.352 e. The van der Waals surface area contributed by atoms with Crippen LogP contribution in [0.5, 0.6) is 0 Å². The van der Waals surface area contributed by atoms with E-state index in [-0.39, 0.29) is 28.7 Å². The fourth-order valence-electron chi connectivity index (χ4n) is 7.68. The molecular weight excluding hydrogens is 452 g/mol. The van der Waals surface area contributed by atoms with Crippen molar-refractivity contribution in [2.45, 2.75) is 49.8 Å². The Morgan fingerprint density at radius 1 is 0.971 bits per heavy atom. The fourth-order valence-corrected chi connectivity index (χ4v) is 8.91. The highest BCUT2D eigenvalue weighted by atomic mass is 32.2. The van der Waals surface area contributed by atoms with Crippen LogP contribution in [0.2, 0.25) is 0 Å². The third-order valence-corrected chi connectivity index (χ3v) is 10.0. The molecule has 1 saturated heterocycles. The predicted molar refractivity (Wildman–Crippen MR) is 127 cm³/mol. The Morgan fingerprint density at radius 3 is 2.24 bits per heavy atom. The van der Waals surface area contributed by atoms with Crippen molar-refractivity contribution < 1.29 is 18.0 Å². The van der Waals surface area contributed by atoms with Crippen molar-refractivity contribution in [3.05, 3.63) is 29.8 Å². The van der Waals surface area contributed by atoms with E-state index in [1.54, 1.807) is 29.2 Å². The number of nitrogens with one attached hydrogen (secondary N) is 1. The van der Waals surface area contributed by atoms with Crippen molar-refractivity contribution in [1.29, 1.82) is 0 Å². The third kappa shape index (κ3) is 3.91. The summed E-state index contributed by atoms with van der Waals surface area (Å²) in [5.74, 6) is 2.82. The number of rotatable bonds is 4. The first-order chi connectivity index (χ1) is 16.3. The monoisotopic (exact) mass is 484 g/mol. The van der Waals surface area contributed by atoms with E-state index in [9.17, 15) is 18.0 Å². The molecule has 0 unspecified atom stereocenters. The molecule has 4 aliphatic carbocycles. The molecule has 4 saturated carbocycles. The number of benzene rings is 1. The van der Waals surface area contributed by atoms with E-state index in [0.717, 1.165) is 17.8 Å². The molecular formula is C25H32N4O4S. The molecule has 9 heteroatoms. The number of carbonyl (C=O) groups is 2. The van der Waals surface area contributed by atoms with Crippen molar-refractivity contribution in [1.82, 2.24) is 15.1 Å². The summed E-state index contributed by atoms with van der Waals surface area (Å²) in [5, 5.41) is 2.90. The van der Waals surface area contributed by atoms with Crippen LogP contribution in [0.1, 0.15) is 50.5 Å². The van der Waals surface area contributed by atoms with E-state index in [4.69, 9.17) is 0 Å². The average molecular weight is 485 g/mol. The van der Waals surface area contributed by atoms with Crippen LogP contribution in [0.15, 0.2) is 33.6 Å². The molecule has 7 rings (SSSR count). The zero-order valence-corrected chi connectivity index (χ0v) is 20.2. The second-order valence-electron chi connectivity index (χ2n) is 11.1. The topological polar surface area (TPSA) is 99.2 Å². The minimum absolute atomic E-state index is 0.0102. The molecule has 0 spiro atoms. The lowest BCUT2D eigenvalue weighted by Gasteiger charge is -2.56. The van der Waals surface area contributed by atoms with Crippen molar-refractivity contribution in [2.24, 2.45) is 27.6 Å². The molecule has 6 aliphatic rings. The highest BCUT2D eigenvalue weighted by molar-refractivity contribution is 7.90. The molecule has 5 fully saturated rings. The number of amidine groups is 1. The van der Waals surface area contributed by atoms with Crippen LogP contribution < -0.4 is 5.32 Å². The van der Waals surface area contributed by atoms with Gasteiger partial charge < -0.3 is 15.1 Å². The van der Waals surface area contributed by atoms with Gasteiger partial charge in [0.2, 0.25) is 11.8 Å². The molecule has 2 heterocycles. The normalized spacial score (nSPS) is 32.9. The molecule has 182 valence electrons. The van der Waals surface area contributed by atoms with Crippen molar-refractivity contribution >= 4 is 27.7 Å². The molecule has 1 N–H and O–H groups in total. The zero-order valence-electron chi connectivity index (χ0n) is 19.4. The van der Waals surface area contributed by atoms with Crippen molar-refractivity contribution in [3.8, 4) is 0 Å². The van der Waals surface area contributed by atoms with Gasteiger partial charge in [0.25, 0.3) is 10.0 Å². The smallest absolute Gasteiger partial charge is 0.285 e. The van der Waals surface area contributed by atoms with Gasteiger partial charge >= 0.3 is 0 Å². The van der Waals surface area contributed by atoms with E-state index >= 15 is 0 Å². The van der Waals surface area contributed by atoms with E-state index in [0.29, 0.717) is 44.0 Å². The Morgan fingerprint density at radius 2 is 1.59 bits per heavy atom.